The molecule has 0 aromatic heterocycles. The Morgan fingerprint density at radius 2 is 2.15 bits per heavy atom. The number of halogens is 1. The quantitative estimate of drug-likeness (QED) is 0.736. The summed E-state index contributed by atoms with van der Waals surface area (Å²) in [5.41, 5.74) is 0. The van der Waals surface area contributed by atoms with Crippen LogP contribution in [0, 0.1) is 0 Å². The molecule has 0 radical (unpaired) electrons. The Bertz CT molecular complexity index is 464. The predicted molar refractivity (Wildman–Crippen MR) is 78.8 cm³/mol. The Labute approximate surface area is 126 Å². The lowest BCUT2D eigenvalue weighted by Gasteiger charge is -2.18. The summed E-state index contributed by atoms with van der Waals surface area (Å²) in [6.07, 6.45) is 0.844. The molecule has 0 saturated heterocycles. The van der Waals surface area contributed by atoms with Crippen LogP contribution in [0.2, 0.25) is 0 Å². The van der Waals surface area contributed by atoms with Gasteiger partial charge in [0.15, 0.2) is 0 Å². The first-order valence-corrected chi connectivity index (χ1v) is 7.20. The number of likely N-dealkylation sites (N-methyl/N-ethyl adjacent to an activating group) is 1. The molecule has 0 spiro atoms. The van der Waals surface area contributed by atoms with E-state index >= 15 is 0 Å². The van der Waals surface area contributed by atoms with E-state index in [4.69, 9.17) is 9.84 Å². The highest BCUT2D eigenvalue weighted by Crippen LogP contribution is 2.17. The van der Waals surface area contributed by atoms with Gasteiger partial charge in [0.05, 0.1) is 6.61 Å². The molecule has 0 fully saturated rings. The molecule has 1 N–H and O–H groups in total. The molecular weight excluding hydrogens is 326 g/mol. The Balaban J connectivity index is 2.29. The fraction of sp³-hybridized carbons (Fsp3) is 0.429. The number of aliphatic carboxylic acids is 1. The van der Waals surface area contributed by atoms with Crippen molar-refractivity contribution >= 4 is 27.8 Å². The van der Waals surface area contributed by atoms with Crippen LogP contribution >= 0.6 is 15.9 Å². The lowest BCUT2D eigenvalue weighted by molar-refractivity contribution is -0.144. The highest BCUT2D eigenvalue weighted by atomic mass is 79.9. The number of carboxylic acid groups (broad SMARTS) is 1. The highest BCUT2D eigenvalue weighted by Gasteiger charge is 2.14. The number of carboxylic acids is 1. The zero-order chi connectivity index (χ0) is 15.0. The Hall–Kier alpha value is -1.56. The third-order valence-electron chi connectivity index (χ3n) is 2.66. The standard InChI is InChI=1S/C14H18BrNO4/c1-2-16(10-14(18)19)13(17)7-4-8-20-12-6-3-5-11(15)9-12/h3,5-6,9H,2,4,7-8,10H2,1H3,(H,18,19). The number of rotatable bonds is 8. The minimum atomic E-state index is -0.995. The third kappa shape index (κ3) is 6.06. The van der Waals surface area contributed by atoms with Gasteiger partial charge in [0.2, 0.25) is 5.91 Å². The number of nitrogens with zero attached hydrogens (tertiary/aromatic N) is 1. The van der Waals surface area contributed by atoms with E-state index in [1.807, 2.05) is 24.3 Å². The first-order valence-electron chi connectivity index (χ1n) is 6.41. The largest absolute Gasteiger partial charge is 0.494 e. The maximum Gasteiger partial charge on any atom is 0.323 e. The molecule has 6 heteroatoms. The summed E-state index contributed by atoms with van der Waals surface area (Å²) >= 11 is 3.35. The summed E-state index contributed by atoms with van der Waals surface area (Å²) < 4.78 is 6.45. The van der Waals surface area contributed by atoms with Crippen LogP contribution in [0.1, 0.15) is 19.8 Å². The second-order valence-electron chi connectivity index (χ2n) is 4.21. The molecule has 1 aromatic carbocycles. The Morgan fingerprint density at radius 3 is 2.75 bits per heavy atom. The van der Waals surface area contributed by atoms with Crippen LogP contribution in [0.25, 0.3) is 0 Å². The van der Waals surface area contributed by atoms with Crippen LogP contribution < -0.4 is 4.74 Å². The molecule has 0 heterocycles. The summed E-state index contributed by atoms with van der Waals surface area (Å²) in [5.74, 6) is -0.414. The van der Waals surface area contributed by atoms with Crippen LogP contribution in [0.3, 0.4) is 0 Å². The number of amides is 1. The molecule has 0 atom stereocenters. The normalized spacial score (nSPS) is 10.1. The van der Waals surface area contributed by atoms with Crippen LogP contribution in [0.5, 0.6) is 5.75 Å². The number of benzene rings is 1. The molecule has 0 aliphatic heterocycles. The van der Waals surface area contributed by atoms with Crippen LogP contribution in [0.4, 0.5) is 0 Å². The second kappa shape index (κ2) is 8.58. The van der Waals surface area contributed by atoms with Gasteiger partial charge in [-0.05, 0) is 31.5 Å². The summed E-state index contributed by atoms with van der Waals surface area (Å²) in [4.78, 5) is 23.7. The highest BCUT2D eigenvalue weighted by molar-refractivity contribution is 9.10. The molecule has 110 valence electrons. The van der Waals surface area contributed by atoms with E-state index in [0.717, 1.165) is 10.2 Å². The molecule has 0 aliphatic rings. The van der Waals surface area contributed by atoms with Gasteiger partial charge in [0.1, 0.15) is 12.3 Å². The zero-order valence-electron chi connectivity index (χ0n) is 11.3. The molecule has 1 rings (SSSR count). The van der Waals surface area contributed by atoms with Gasteiger partial charge in [0, 0.05) is 17.4 Å². The first-order chi connectivity index (χ1) is 9.52. The van der Waals surface area contributed by atoms with E-state index in [1.54, 1.807) is 6.92 Å². The van der Waals surface area contributed by atoms with Gasteiger partial charge >= 0.3 is 5.97 Å². The summed E-state index contributed by atoms with van der Waals surface area (Å²) in [6, 6.07) is 7.47. The molecule has 1 amide bonds. The SMILES string of the molecule is CCN(CC(=O)O)C(=O)CCCOc1cccc(Br)c1. The lowest BCUT2D eigenvalue weighted by Crippen LogP contribution is -2.35. The van der Waals surface area contributed by atoms with Crippen molar-refractivity contribution in [3.05, 3.63) is 28.7 Å². The molecule has 0 saturated carbocycles. The fourth-order valence-corrected chi connectivity index (χ4v) is 2.05. The van der Waals surface area contributed by atoms with Crippen molar-refractivity contribution in [1.29, 1.82) is 0 Å². The number of hydrogen-bond donors (Lipinski definition) is 1. The molecule has 0 unspecified atom stereocenters. The van der Waals surface area contributed by atoms with Crippen LogP contribution in [-0.2, 0) is 9.59 Å². The van der Waals surface area contributed by atoms with Crippen molar-refractivity contribution in [2.75, 3.05) is 19.7 Å². The van der Waals surface area contributed by atoms with Crippen molar-refractivity contribution in [2.24, 2.45) is 0 Å². The van der Waals surface area contributed by atoms with Crippen molar-refractivity contribution in [3.8, 4) is 5.75 Å². The van der Waals surface area contributed by atoms with E-state index in [-0.39, 0.29) is 18.9 Å². The van der Waals surface area contributed by atoms with Gasteiger partial charge in [0.25, 0.3) is 0 Å². The third-order valence-corrected chi connectivity index (χ3v) is 3.15. The van der Waals surface area contributed by atoms with Crippen molar-refractivity contribution in [3.63, 3.8) is 0 Å². The lowest BCUT2D eigenvalue weighted by atomic mass is 10.3. The van der Waals surface area contributed by atoms with Gasteiger partial charge in [-0.1, -0.05) is 22.0 Å². The zero-order valence-corrected chi connectivity index (χ0v) is 12.9. The van der Waals surface area contributed by atoms with Gasteiger partial charge < -0.3 is 14.7 Å². The fourth-order valence-electron chi connectivity index (χ4n) is 1.67. The maximum atomic E-state index is 11.8. The monoisotopic (exact) mass is 343 g/mol. The summed E-state index contributed by atoms with van der Waals surface area (Å²) in [7, 11) is 0. The number of hydrogen-bond acceptors (Lipinski definition) is 3. The molecule has 1 aromatic rings. The summed E-state index contributed by atoms with van der Waals surface area (Å²) in [6.45, 7) is 2.34. The smallest absolute Gasteiger partial charge is 0.323 e. The van der Waals surface area contributed by atoms with Gasteiger partial charge in [-0.2, -0.15) is 0 Å². The number of carbonyl (C=O) groups is 2. The van der Waals surface area contributed by atoms with Gasteiger partial charge in [-0.3, -0.25) is 9.59 Å². The van der Waals surface area contributed by atoms with Crippen molar-refractivity contribution in [2.45, 2.75) is 19.8 Å². The predicted octanol–water partition coefficient (Wildman–Crippen LogP) is 2.54. The van der Waals surface area contributed by atoms with Crippen molar-refractivity contribution < 1.29 is 19.4 Å². The topological polar surface area (TPSA) is 66.8 Å². The van der Waals surface area contributed by atoms with E-state index in [1.165, 1.54) is 4.90 Å². The van der Waals surface area contributed by atoms with Crippen LogP contribution in [-0.4, -0.2) is 41.6 Å². The molecule has 0 aliphatic carbocycles. The number of ether oxygens (including phenoxy) is 1. The minimum absolute atomic E-state index is 0.159. The molecular formula is C14H18BrNO4. The van der Waals surface area contributed by atoms with Gasteiger partial charge in [-0.15, -0.1) is 0 Å². The van der Waals surface area contributed by atoms with E-state index < -0.39 is 5.97 Å². The Kier molecular flexibility index (Phi) is 7.08. The maximum absolute atomic E-state index is 11.8. The molecule has 0 bridgehead atoms. The first kappa shape index (κ1) is 16.5. The average Bonchev–Trinajstić information content (AvgIpc) is 2.40. The minimum Gasteiger partial charge on any atom is -0.494 e. The second-order valence-corrected chi connectivity index (χ2v) is 5.13. The molecule has 5 nitrogen and oxygen atoms in total. The van der Waals surface area contributed by atoms with E-state index in [2.05, 4.69) is 15.9 Å². The molecule has 20 heavy (non-hydrogen) atoms. The summed E-state index contributed by atoms with van der Waals surface area (Å²) in [5, 5.41) is 8.69. The van der Waals surface area contributed by atoms with Crippen molar-refractivity contribution in [1.82, 2.24) is 4.90 Å². The van der Waals surface area contributed by atoms with E-state index in [0.29, 0.717) is 19.6 Å². The van der Waals surface area contributed by atoms with Gasteiger partial charge in [-0.25, -0.2) is 0 Å². The Morgan fingerprint density at radius 1 is 1.40 bits per heavy atom. The van der Waals surface area contributed by atoms with Crippen LogP contribution in [0.15, 0.2) is 28.7 Å². The van der Waals surface area contributed by atoms with E-state index in [9.17, 15) is 9.59 Å². The average molecular weight is 344 g/mol. The number of carbonyl (C=O) groups excluding carboxylic acids is 1.